The van der Waals surface area contributed by atoms with Gasteiger partial charge in [-0.15, -0.1) is 0 Å². The summed E-state index contributed by atoms with van der Waals surface area (Å²) in [4.78, 5) is 34.5. The van der Waals surface area contributed by atoms with Crippen molar-refractivity contribution >= 4 is 23.4 Å². The molecular weight excluding hydrogens is 258 g/mol. The standard InChI is InChI=1S/C14H17N3O3/c1-8-3-4-9(2)11(7-8)15-12(18)6-5-10-13(19)16-17-14(10)20/h3-4,7,10H,5-6H2,1-2H3,(H,15,18)(H,16,19)(H,17,20). The van der Waals surface area contributed by atoms with E-state index in [0.717, 1.165) is 16.8 Å². The number of benzene rings is 1. The van der Waals surface area contributed by atoms with Crippen LogP contribution in [0.5, 0.6) is 0 Å². The molecule has 0 radical (unpaired) electrons. The highest BCUT2D eigenvalue weighted by atomic mass is 16.2. The first kappa shape index (κ1) is 14.0. The van der Waals surface area contributed by atoms with Crippen molar-refractivity contribution in [2.75, 3.05) is 5.32 Å². The fourth-order valence-corrected chi connectivity index (χ4v) is 2.04. The normalized spacial score (nSPS) is 14.9. The third-order valence-corrected chi connectivity index (χ3v) is 3.27. The van der Waals surface area contributed by atoms with Crippen molar-refractivity contribution in [3.05, 3.63) is 29.3 Å². The van der Waals surface area contributed by atoms with Crippen molar-refractivity contribution in [3.63, 3.8) is 0 Å². The number of hydrogen-bond acceptors (Lipinski definition) is 3. The van der Waals surface area contributed by atoms with Crippen molar-refractivity contribution in [2.45, 2.75) is 26.7 Å². The summed E-state index contributed by atoms with van der Waals surface area (Å²) in [5.41, 5.74) is 7.27. The molecule has 0 saturated carbocycles. The number of amides is 3. The molecule has 6 heteroatoms. The number of anilines is 1. The summed E-state index contributed by atoms with van der Waals surface area (Å²) >= 11 is 0. The van der Waals surface area contributed by atoms with Crippen LogP contribution in [0.15, 0.2) is 18.2 Å². The Morgan fingerprint density at radius 1 is 1.20 bits per heavy atom. The minimum Gasteiger partial charge on any atom is -0.326 e. The van der Waals surface area contributed by atoms with Crippen molar-refractivity contribution in [1.82, 2.24) is 10.9 Å². The Kier molecular flexibility index (Phi) is 4.02. The van der Waals surface area contributed by atoms with Crippen LogP contribution in [0.1, 0.15) is 24.0 Å². The summed E-state index contributed by atoms with van der Waals surface area (Å²) < 4.78 is 0. The van der Waals surface area contributed by atoms with E-state index in [-0.39, 0.29) is 30.6 Å². The smallest absolute Gasteiger partial charge is 0.251 e. The number of hydrazine groups is 1. The van der Waals surface area contributed by atoms with E-state index < -0.39 is 5.92 Å². The van der Waals surface area contributed by atoms with Crippen LogP contribution in [0.2, 0.25) is 0 Å². The van der Waals surface area contributed by atoms with Gasteiger partial charge in [-0.05, 0) is 37.5 Å². The summed E-state index contributed by atoms with van der Waals surface area (Å²) in [6.45, 7) is 3.86. The summed E-state index contributed by atoms with van der Waals surface area (Å²) in [5.74, 6) is -1.74. The van der Waals surface area contributed by atoms with Gasteiger partial charge < -0.3 is 5.32 Å². The van der Waals surface area contributed by atoms with Crippen LogP contribution in [-0.2, 0) is 14.4 Å². The Hall–Kier alpha value is -2.37. The maximum Gasteiger partial charge on any atom is 0.251 e. The quantitative estimate of drug-likeness (QED) is 0.710. The van der Waals surface area contributed by atoms with Gasteiger partial charge in [-0.25, -0.2) is 0 Å². The molecule has 1 aliphatic heterocycles. The van der Waals surface area contributed by atoms with Crippen LogP contribution in [0.4, 0.5) is 5.69 Å². The van der Waals surface area contributed by atoms with Gasteiger partial charge in [0.2, 0.25) is 5.91 Å². The maximum atomic E-state index is 11.9. The van der Waals surface area contributed by atoms with Crippen molar-refractivity contribution in [1.29, 1.82) is 0 Å². The average Bonchev–Trinajstić information content (AvgIpc) is 2.71. The van der Waals surface area contributed by atoms with Crippen LogP contribution < -0.4 is 16.2 Å². The molecule has 1 aromatic rings. The monoisotopic (exact) mass is 275 g/mol. The minimum absolute atomic E-state index is 0.124. The number of nitrogens with one attached hydrogen (secondary N) is 3. The van der Waals surface area contributed by atoms with Gasteiger partial charge in [0.25, 0.3) is 11.8 Å². The molecule has 106 valence electrons. The molecule has 0 atom stereocenters. The lowest BCUT2D eigenvalue weighted by Crippen LogP contribution is -2.28. The zero-order valence-corrected chi connectivity index (χ0v) is 11.4. The second-order valence-corrected chi connectivity index (χ2v) is 4.94. The lowest BCUT2D eigenvalue weighted by molar-refractivity contribution is -0.128. The Morgan fingerprint density at radius 2 is 1.85 bits per heavy atom. The topological polar surface area (TPSA) is 87.3 Å². The van der Waals surface area contributed by atoms with Gasteiger partial charge in [-0.2, -0.15) is 0 Å². The molecule has 0 aromatic heterocycles. The molecule has 3 amide bonds. The molecule has 0 spiro atoms. The van der Waals surface area contributed by atoms with Gasteiger partial charge in [-0.3, -0.25) is 25.2 Å². The predicted octanol–water partition coefficient (Wildman–Crippen LogP) is 0.799. The molecule has 1 aliphatic rings. The van der Waals surface area contributed by atoms with Crippen LogP contribution in [0, 0.1) is 19.8 Å². The third kappa shape index (κ3) is 3.14. The first-order valence-electron chi connectivity index (χ1n) is 6.44. The van der Waals surface area contributed by atoms with E-state index in [0.29, 0.717) is 0 Å². The van der Waals surface area contributed by atoms with E-state index in [9.17, 15) is 14.4 Å². The van der Waals surface area contributed by atoms with Crippen molar-refractivity contribution in [3.8, 4) is 0 Å². The highest BCUT2D eigenvalue weighted by Gasteiger charge is 2.32. The molecule has 0 bridgehead atoms. The minimum atomic E-state index is -0.778. The molecule has 1 fully saturated rings. The Balaban J connectivity index is 1.91. The Bertz CT molecular complexity index is 553. The summed E-state index contributed by atoms with van der Waals surface area (Å²) in [5, 5.41) is 2.80. The fourth-order valence-electron chi connectivity index (χ4n) is 2.04. The van der Waals surface area contributed by atoms with E-state index in [2.05, 4.69) is 16.2 Å². The molecule has 0 unspecified atom stereocenters. The van der Waals surface area contributed by atoms with Crippen molar-refractivity contribution < 1.29 is 14.4 Å². The van der Waals surface area contributed by atoms with E-state index in [4.69, 9.17) is 0 Å². The second-order valence-electron chi connectivity index (χ2n) is 4.94. The molecule has 6 nitrogen and oxygen atoms in total. The van der Waals surface area contributed by atoms with Crippen LogP contribution >= 0.6 is 0 Å². The highest BCUT2D eigenvalue weighted by Crippen LogP contribution is 2.17. The lowest BCUT2D eigenvalue weighted by atomic mass is 10.0. The number of hydrogen-bond donors (Lipinski definition) is 3. The molecule has 1 aromatic carbocycles. The van der Waals surface area contributed by atoms with Gasteiger partial charge in [0.15, 0.2) is 0 Å². The zero-order valence-electron chi connectivity index (χ0n) is 11.4. The van der Waals surface area contributed by atoms with E-state index in [1.54, 1.807) is 0 Å². The SMILES string of the molecule is Cc1ccc(C)c(NC(=O)CCC2C(=O)NNC2=O)c1. The Labute approximate surface area is 116 Å². The van der Waals surface area contributed by atoms with Crippen molar-refractivity contribution in [2.24, 2.45) is 5.92 Å². The number of carbonyl (C=O) groups excluding carboxylic acids is 3. The number of aryl methyl sites for hydroxylation is 2. The second kappa shape index (κ2) is 5.73. The van der Waals surface area contributed by atoms with Gasteiger partial charge >= 0.3 is 0 Å². The van der Waals surface area contributed by atoms with Crippen LogP contribution in [-0.4, -0.2) is 17.7 Å². The first-order valence-corrected chi connectivity index (χ1v) is 6.44. The number of carbonyl (C=O) groups is 3. The van der Waals surface area contributed by atoms with E-state index >= 15 is 0 Å². The fraction of sp³-hybridized carbons (Fsp3) is 0.357. The molecule has 1 saturated heterocycles. The molecule has 2 rings (SSSR count). The van der Waals surface area contributed by atoms with E-state index in [1.165, 1.54) is 0 Å². The molecule has 0 aliphatic carbocycles. The largest absolute Gasteiger partial charge is 0.326 e. The average molecular weight is 275 g/mol. The van der Waals surface area contributed by atoms with E-state index in [1.807, 2.05) is 32.0 Å². The summed E-state index contributed by atoms with van der Waals surface area (Å²) in [7, 11) is 0. The third-order valence-electron chi connectivity index (χ3n) is 3.27. The summed E-state index contributed by atoms with van der Waals surface area (Å²) in [6, 6.07) is 5.79. The number of rotatable bonds is 4. The van der Waals surface area contributed by atoms with Gasteiger partial charge in [-0.1, -0.05) is 12.1 Å². The van der Waals surface area contributed by atoms with Gasteiger partial charge in [0.05, 0.1) is 0 Å². The first-order chi connectivity index (χ1) is 9.47. The van der Waals surface area contributed by atoms with Gasteiger partial charge in [0, 0.05) is 12.1 Å². The Morgan fingerprint density at radius 3 is 2.50 bits per heavy atom. The van der Waals surface area contributed by atoms with Crippen LogP contribution in [0.25, 0.3) is 0 Å². The molecular formula is C14H17N3O3. The summed E-state index contributed by atoms with van der Waals surface area (Å²) in [6.07, 6.45) is 0.327. The molecule has 1 heterocycles. The zero-order chi connectivity index (χ0) is 14.7. The lowest BCUT2D eigenvalue weighted by Gasteiger charge is -2.10. The molecule has 3 N–H and O–H groups in total. The van der Waals surface area contributed by atoms with Gasteiger partial charge in [0.1, 0.15) is 5.92 Å². The molecule has 20 heavy (non-hydrogen) atoms. The van der Waals surface area contributed by atoms with Crippen LogP contribution in [0.3, 0.4) is 0 Å². The highest BCUT2D eigenvalue weighted by molar-refractivity contribution is 6.05. The maximum absolute atomic E-state index is 11.9. The predicted molar refractivity (Wildman–Crippen MR) is 73.6 cm³/mol.